The summed E-state index contributed by atoms with van der Waals surface area (Å²) in [5.41, 5.74) is 4.49. The van der Waals surface area contributed by atoms with Crippen molar-refractivity contribution < 1.29 is 0 Å². The molecule has 0 aliphatic carbocycles. The first-order valence-electron chi connectivity index (χ1n) is 8.17. The standard InChI is InChI=1S/C19H19N5S/c1-13-15(9-21-23-13)17-8-16-18(25-17)10-20-19(22-16)12-24(2)11-14-6-4-3-5-7-14/h3-10H,11-12H2,1-2H3,(H,21,23). The Bertz CT molecular complexity index is 989. The van der Waals surface area contributed by atoms with Crippen molar-refractivity contribution in [3.8, 4) is 10.4 Å². The van der Waals surface area contributed by atoms with E-state index in [1.807, 2.05) is 25.4 Å². The third kappa shape index (κ3) is 3.45. The van der Waals surface area contributed by atoms with Gasteiger partial charge in [0.05, 0.1) is 23.0 Å². The Hall–Kier alpha value is -2.57. The zero-order valence-electron chi connectivity index (χ0n) is 14.2. The lowest BCUT2D eigenvalue weighted by atomic mass is 10.2. The van der Waals surface area contributed by atoms with Crippen LogP contribution in [-0.2, 0) is 13.1 Å². The number of hydrogen-bond acceptors (Lipinski definition) is 5. The maximum Gasteiger partial charge on any atom is 0.143 e. The maximum atomic E-state index is 4.74. The Morgan fingerprint density at radius 1 is 1.12 bits per heavy atom. The molecule has 0 spiro atoms. The molecule has 1 N–H and O–H groups in total. The minimum Gasteiger partial charge on any atom is -0.295 e. The molecule has 6 heteroatoms. The molecule has 0 saturated heterocycles. The predicted octanol–water partition coefficient (Wildman–Crippen LogP) is 4.02. The van der Waals surface area contributed by atoms with Gasteiger partial charge < -0.3 is 0 Å². The molecule has 1 aromatic carbocycles. The molecule has 5 nitrogen and oxygen atoms in total. The summed E-state index contributed by atoms with van der Waals surface area (Å²) in [6.07, 6.45) is 3.79. The Labute approximate surface area is 150 Å². The van der Waals surface area contributed by atoms with E-state index in [2.05, 4.69) is 57.5 Å². The van der Waals surface area contributed by atoms with Gasteiger partial charge in [0.25, 0.3) is 0 Å². The van der Waals surface area contributed by atoms with Gasteiger partial charge in [-0.2, -0.15) is 5.10 Å². The van der Waals surface area contributed by atoms with Crippen LogP contribution in [0.5, 0.6) is 0 Å². The first kappa shape index (κ1) is 15.9. The summed E-state index contributed by atoms with van der Waals surface area (Å²) in [5.74, 6) is 0.846. The summed E-state index contributed by atoms with van der Waals surface area (Å²) in [7, 11) is 2.09. The van der Waals surface area contributed by atoms with Crippen LogP contribution in [0.15, 0.2) is 48.8 Å². The number of rotatable bonds is 5. The first-order valence-corrected chi connectivity index (χ1v) is 8.99. The molecule has 3 aromatic heterocycles. The third-order valence-corrected chi connectivity index (χ3v) is 5.21. The summed E-state index contributed by atoms with van der Waals surface area (Å²) in [5, 5.41) is 7.09. The van der Waals surface area contributed by atoms with Crippen LogP contribution in [0.4, 0.5) is 0 Å². The number of hydrogen-bond donors (Lipinski definition) is 1. The number of aromatic amines is 1. The van der Waals surface area contributed by atoms with E-state index >= 15 is 0 Å². The van der Waals surface area contributed by atoms with Gasteiger partial charge in [0.15, 0.2) is 0 Å². The van der Waals surface area contributed by atoms with E-state index in [0.717, 1.165) is 40.4 Å². The first-order chi connectivity index (χ1) is 12.2. The third-order valence-electron chi connectivity index (χ3n) is 4.12. The molecule has 3 heterocycles. The van der Waals surface area contributed by atoms with Crippen molar-refractivity contribution in [2.45, 2.75) is 20.0 Å². The molecule has 25 heavy (non-hydrogen) atoms. The number of thiophene rings is 1. The van der Waals surface area contributed by atoms with E-state index in [4.69, 9.17) is 4.98 Å². The molecular weight excluding hydrogens is 330 g/mol. The lowest BCUT2D eigenvalue weighted by Gasteiger charge is -2.15. The molecule has 4 aromatic rings. The Balaban J connectivity index is 1.54. The summed E-state index contributed by atoms with van der Waals surface area (Å²) in [6.45, 7) is 3.63. The van der Waals surface area contributed by atoms with Crippen LogP contribution in [0, 0.1) is 6.92 Å². The van der Waals surface area contributed by atoms with Crippen molar-refractivity contribution in [2.75, 3.05) is 7.05 Å². The van der Waals surface area contributed by atoms with E-state index in [1.54, 1.807) is 11.3 Å². The zero-order chi connectivity index (χ0) is 17.2. The van der Waals surface area contributed by atoms with Gasteiger partial charge in [-0.1, -0.05) is 30.3 Å². The van der Waals surface area contributed by atoms with Gasteiger partial charge in [-0.25, -0.2) is 9.97 Å². The van der Waals surface area contributed by atoms with E-state index < -0.39 is 0 Å². The van der Waals surface area contributed by atoms with Gasteiger partial charge in [-0.3, -0.25) is 10.00 Å². The number of nitrogens with one attached hydrogen (secondary N) is 1. The summed E-state index contributed by atoms with van der Waals surface area (Å²) in [4.78, 5) is 12.7. The molecule has 0 atom stereocenters. The lowest BCUT2D eigenvalue weighted by Crippen LogP contribution is -2.18. The van der Waals surface area contributed by atoms with E-state index in [9.17, 15) is 0 Å². The Kier molecular flexibility index (Phi) is 4.29. The number of aromatic nitrogens is 4. The van der Waals surface area contributed by atoms with Crippen molar-refractivity contribution in [1.82, 2.24) is 25.1 Å². The van der Waals surface area contributed by atoms with Crippen molar-refractivity contribution in [3.63, 3.8) is 0 Å². The number of H-pyrrole nitrogens is 1. The molecule has 0 amide bonds. The molecule has 126 valence electrons. The lowest BCUT2D eigenvalue weighted by molar-refractivity contribution is 0.311. The van der Waals surface area contributed by atoms with Crippen LogP contribution < -0.4 is 0 Å². The van der Waals surface area contributed by atoms with Crippen LogP contribution in [0.25, 0.3) is 20.7 Å². The number of fused-ring (bicyclic) bond motifs is 1. The highest BCUT2D eigenvalue weighted by Gasteiger charge is 2.11. The van der Waals surface area contributed by atoms with Gasteiger partial charge in [0.2, 0.25) is 0 Å². The molecule has 0 bridgehead atoms. The van der Waals surface area contributed by atoms with E-state index in [0.29, 0.717) is 0 Å². The average Bonchev–Trinajstić information content (AvgIpc) is 3.20. The van der Waals surface area contributed by atoms with Gasteiger partial charge in [0, 0.05) is 28.9 Å². The van der Waals surface area contributed by atoms with Crippen LogP contribution in [-0.4, -0.2) is 32.1 Å². The molecule has 0 aliphatic rings. The highest BCUT2D eigenvalue weighted by Crippen LogP contribution is 2.33. The summed E-state index contributed by atoms with van der Waals surface area (Å²) in [6, 6.07) is 12.6. The number of aryl methyl sites for hydroxylation is 1. The Morgan fingerprint density at radius 2 is 1.96 bits per heavy atom. The summed E-state index contributed by atoms with van der Waals surface area (Å²) < 4.78 is 1.10. The Morgan fingerprint density at radius 3 is 2.72 bits per heavy atom. The van der Waals surface area contributed by atoms with Gasteiger partial charge in [-0.05, 0) is 25.6 Å². The molecule has 0 aliphatic heterocycles. The van der Waals surface area contributed by atoms with Crippen LogP contribution >= 0.6 is 11.3 Å². The van der Waals surface area contributed by atoms with Crippen molar-refractivity contribution >= 4 is 21.6 Å². The maximum absolute atomic E-state index is 4.74. The smallest absolute Gasteiger partial charge is 0.143 e. The van der Waals surface area contributed by atoms with Crippen LogP contribution in [0.1, 0.15) is 17.1 Å². The number of nitrogens with zero attached hydrogens (tertiary/aromatic N) is 4. The van der Waals surface area contributed by atoms with Gasteiger partial charge in [0.1, 0.15) is 5.82 Å². The highest BCUT2D eigenvalue weighted by molar-refractivity contribution is 7.22. The average molecular weight is 349 g/mol. The fraction of sp³-hybridized carbons (Fsp3) is 0.211. The predicted molar refractivity (Wildman–Crippen MR) is 101 cm³/mol. The van der Waals surface area contributed by atoms with Crippen LogP contribution in [0.2, 0.25) is 0 Å². The largest absolute Gasteiger partial charge is 0.295 e. The minimum absolute atomic E-state index is 0.723. The summed E-state index contributed by atoms with van der Waals surface area (Å²) >= 11 is 1.70. The molecule has 4 rings (SSSR count). The monoisotopic (exact) mass is 349 g/mol. The molecular formula is C19H19N5S. The molecule has 0 fully saturated rings. The molecule has 0 unspecified atom stereocenters. The van der Waals surface area contributed by atoms with Crippen LogP contribution in [0.3, 0.4) is 0 Å². The fourth-order valence-electron chi connectivity index (χ4n) is 2.88. The van der Waals surface area contributed by atoms with Crippen molar-refractivity contribution in [1.29, 1.82) is 0 Å². The van der Waals surface area contributed by atoms with Crippen molar-refractivity contribution in [2.24, 2.45) is 0 Å². The quantitative estimate of drug-likeness (QED) is 0.591. The topological polar surface area (TPSA) is 57.7 Å². The van der Waals surface area contributed by atoms with Gasteiger partial charge >= 0.3 is 0 Å². The second-order valence-electron chi connectivity index (χ2n) is 6.21. The minimum atomic E-state index is 0.723. The van der Waals surface area contributed by atoms with Crippen molar-refractivity contribution in [3.05, 3.63) is 65.9 Å². The normalized spacial score (nSPS) is 11.5. The van der Waals surface area contributed by atoms with Gasteiger partial charge in [-0.15, -0.1) is 11.3 Å². The van der Waals surface area contributed by atoms with E-state index in [1.165, 1.54) is 10.4 Å². The zero-order valence-corrected chi connectivity index (χ0v) is 15.0. The fourth-order valence-corrected chi connectivity index (χ4v) is 3.91. The second kappa shape index (κ2) is 6.74. The molecule has 0 radical (unpaired) electrons. The van der Waals surface area contributed by atoms with E-state index in [-0.39, 0.29) is 0 Å². The highest BCUT2D eigenvalue weighted by atomic mass is 32.1. The SMILES string of the molecule is Cc1[nH]ncc1-c1cc2nc(CN(C)Cc3ccccc3)ncc2s1. The second-order valence-corrected chi connectivity index (χ2v) is 7.30. The number of benzene rings is 1. The molecule has 0 saturated carbocycles.